The van der Waals surface area contributed by atoms with Gasteiger partial charge < -0.3 is 35.4 Å². The first kappa shape index (κ1) is 26.1. The molecule has 0 aromatic heterocycles. The lowest BCUT2D eigenvalue weighted by Gasteiger charge is -2.40. The topological polar surface area (TPSA) is 166 Å². The van der Waals surface area contributed by atoms with E-state index in [1.807, 2.05) is 0 Å². The number of anilines is 1. The first-order valence-electron chi connectivity index (χ1n) is 9.31. The summed E-state index contributed by atoms with van der Waals surface area (Å²) in [5, 5.41) is 35.1. The number of nitrogens with one attached hydrogen (secondary N) is 3. The number of aliphatic hydroxyl groups is 3. The molecule has 182 valence electrons. The number of amides is 2. The number of halogens is 3. The minimum absolute atomic E-state index is 0.0853. The number of rotatable bonds is 7. The minimum Gasteiger partial charge on any atom is -0.462 e. The molecule has 1 fully saturated rings. The number of ether oxygens (including phenoxy) is 2. The predicted molar refractivity (Wildman–Crippen MR) is 104 cm³/mol. The summed E-state index contributed by atoms with van der Waals surface area (Å²) >= 11 is 0. The molecule has 1 aliphatic heterocycles. The summed E-state index contributed by atoms with van der Waals surface area (Å²) in [7, 11) is -5.72. The van der Waals surface area contributed by atoms with Crippen LogP contribution in [0.5, 0.6) is 5.75 Å². The van der Waals surface area contributed by atoms with Crippen molar-refractivity contribution in [1.82, 2.24) is 10.0 Å². The Kier molecular flexibility index (Phi) is 8.30. The maximum absolute atomic E-state index is 12.5. The summed E-state index contributed by atoms with van der Waals surface area (Å²) in [6.45, 7) is 2.51. The second-order valence-corrected chi connectivity index (χ2v) is 8.97. The van der Waals surface area contributed by atoms with Gasteiger partial charge in [0.1, 0.15) is 30.2 Å². The molecule has 1 heterocycles. The van der Waals surface area contributed by atoms with E-state index in [2.05, 4.69) is 10.6 Å². The average Bonchev–Trinajstić information content (AvgIpc) is 2.67. The highest BCUT2D eigenvalue weighted by Gasteiger charge is 2.49. The zero-order chi connectivity index (χ0) is 24.3. The van der Waals surface area contributed by atoms with E-state index in [1.54, 1.807) is 13.8 Å². The molecule has 0 unspecified atom stereocenters. The van der Waals surface area contributed by atoms with E-state index in [1.165, 1.54) is 29.0 Å². The van der Waals surface area contributed by atoms with Crippen LogP contribution >= 0.6 is 0 Å². The van der Waals surface area contributed by atoms with Crippen molar-refractivity contribution in [1.29, 1.82) is 0 Å². The van der Waals surface area contributed by atoms with E-state index < -0.39 is 58.8 Å². The van der Waals surface area contributed by atoms with Crippen molar-refractivity contribution in [3.8, 4) is 5.75 Å². The summed E-state index contributed by atoms with van der Waals surface area (Å²) < 4.78 is 71.4. The van der Waals surface area contributed by atoms with Gasteiger partial charge in [0.15, 0.2) is 0 Å². The maximum Gasteiger partial charge on any atom is 0.511 e. The molecule has 1 saturated heterocycles. The molecule has 5 atom stereocenters. The Morgan fingerprint density at radius 2 is 1.72 bits per heavy atom. The smallest absolute Gasteiger partial charge is 0.462 e. The molecule has 0 bridgehead atoms. The van der Waals surface area contributed by atoms with Crippen molar-refractivity contribution in [2.75, 3.05) is 11.9 Å². The van der Waals surface area contributed by atoms with Crippen LogP contribution in [0.25, 0.3) is 0 Å². The van der Waals surface area contributed by atoms with Crippen LogP contribution in [0.2, 0.25) is 0 Å². The van der Waals surface area contributed by atoms with E-state index in [0.717, 1.165) is 0 Å². The van der Waals surface area contributed by atoms with E-state index >= 15 is 0 Å². The molecule has 0 aliphatic carbocycles. The number of carbonyl (C=O) groups is 1. The lowest BCUT2D eigenvalue weighted by molar-refractivity contribution is -0.270. The summed E-state index contributed by atoms with van der Waals surface area (Å²) in [5.41, 5.74) is -5.18. The van der Waals surface area contributed by atoms with Crippen LogP contribution in [0.15, 0.2) is 24.3 Å². The van der Waals surface area contributed by atoms with Gasteiger partial charge in [-0.3, -0.25) is 0 Å². The fourth-order valence-corrected chi connectivity index (χ4v) is 3.18. The van der Waals surface area contributed by atoms with Gasteiger partial charge in [0, 0.05) is 18.3 Å². The standard InChI is InChI=1S/C17H24F3N3O8S/c1-8(2)22-16(27)23-9-3-5-10(6-4-9)30-15-14(26)13(25)12(24)11(31-15)7-21-32(28,29)17(18,19)20/h3-6,8,11-15,21,24-26H,7H2,1-2H3,(H2,22,23,27)/t11-,12-,13+,14+,15+/m1/s1. The third-order valence-corrected chi connectivity index (χ3v) is 5.39. The van der Waals surface area contributed by atoms with E-state index in [0.29, 0.717) is 5.69 Å². The Balaban J connectivity index is 2.03. The second kappa shape index (κ2) is 10.2. The summed E-state index contributed by atoms with van der Waals surface area (Å²) in [6, 6.07) is 5.12. The van der Waals surface area contributed by atoms with Crippen molar-refractivity contribution < 1.29 is 51.2 Å². The molecule has 2 amide bonds. The Bertz CT molecular complexity index is 882. The van der Waals surface area contributed by atoms with Crippen molar-refractivity contribution in [2.45, 2.75) is 56.1 Å². The van der Waals surface area contributed by atoms with E-state index in [9.17, 15) is 41.7 Å². The fraction of sp³-hybridized carbons (Fsp3) is 0.588. The highest BCUT2D eigenvalue weighted by molar-refractivity contribution is 7.90. The van der Waals surface area contributed by atoms with Gasteiger partial charge in [-0.1, -0.05) is 0 Å². The zero-order valence-corrected chi connectivity index (χ0v) is 17.7. The Morgan fingerprint density at radius 1 is 1.12 bits per heavy atom. The van der Waals surface area contributed by atoms with Gasteiger partial charge in [-0.05, 0) is 38.1 Å². The van der Waals surface area contributed by atoms with Crippen LogP contribution < -0.4 is 20.1 Å². The first-order chi connectivity index (χ1) is 14.7. The van der Waals surface area contributed by atoms with Crippen molar-refractivity contribution in [3.63, 3.8) is 0 Å². The molecule has 1 aromatic rings. The van der Waals surface area contributed by atoms with Gasteiger partial charge >= 0.3 is 21.6 Å². The summed E-state index contributed by atoms with van der Waals surface area (Å²) in [6.07, 6.45) is -8.88. The SMILES string of the molecule is CC(C)NC(=O)Nc1ccc(O[C@H]2O[C@H](CNS(=O)(=O)C(F)(F)F)[C@@H](O)[C@H](O)[C@@H]2O)cc1. The second-order valence-electron chi connectivity index (χ2n) is 7.21. The van der Waals surface area contributed by atoms with Gasteiger partial charge in [-0.15, -0.1) is 0 Å². The molecule has 1 aromatic carbocycles. The lowest BCUT2D eigenvalue weighted by atomic mass is 9.99. The molecular weight excluding hydrogens is 463 g/mol. The number of sulfonamides is 1. The number of hydrogen-bond donors (Lipinski definition) is 6. The van der Waals surface area contributed by atoms with Crippen molar-refractivity contribution in [2.24, 2.45) is 0 Å². The Morgan fingerprint density at radius 3 is 2.25 bits per heavy atom. The van der Waals surface area contributed by atoms with Crippen molar-refractivity contribution in [3.05, 3.63) is 24.3 Å². The van der Waals surface area contributed by atoms with Crippen LogP contribution in [0.1, 0.15) is 13.8 Å². The summed E-state index contributed by atoms with van der Waals surface area (Å²) in [4.78, 5) is 11.7. The molecule has 11 nitrogen and oxygen atoms in total. The van der Waals surface area contributed by atoms with Gasteiger partial charge in [0.2, 0.25) is 6.29 Å². The van der Waals surface area contributed by atoms with Crippen molar-refractivity contribution >= 4 is 21.7 Å². The van der Waals surface area contributed by atoms with Crippen LogP contribution in [-0.2, 0) is 14.8 Å². The first-order valence-corrected chi connectivity index (χ1v) is 10.8. The van der Waals surface area contributed by atoms with Crippen LogP contribution in [0, 0.1) is 0 Å². The predicted octanol–water partition coefficient (Wildman–Crippen LogP) is -0.158. The molecule has 0 radical (unpaired) electrons. The number of carbonyl (C=O) groups excluding carboxylic acids is 1. The van der Waals surface area contributed by atoms with Crippen LogP contribution in [0.4, 0.5) is 23.7 Å². The van der Waals surface area contributed by atoms with Crippen LogP contribution in [0.3, 0.4) is 0 Å². The number of hydrogen-bond acceptors (Lipinski definition) is 8. The Hall–Kier alpha value is -2.17. The van der Waals surface area contributed by atoms with Gasteiger partial charge in [0.25, 0.3) is 0 Å². The molecule has 15 heteroatoms. The van der Waals surface area contributed by atoms with Gasteiger partial charge in [-0.2, -0.15) is 13.2 Å². The molecule has 0 saturated carbocycles. The largest absolute Gasteiger partial charge is 0.511 e. The zero-order valence-electron chi connectivity index (χ0n) is 16.9. The third-order valence-electron chi connectivity index (χ3n) is 4.23. The fourth-order valence-electron chi connectivity index (χ4n) is 2.64. The van der Waals surface area contributed by atoms with Crippen LogP contribution in [-0.4, -0.2) is 78.6 Å². The minimum atomic E-state index is -5.72. The molecular formula is C17H24F3N3O8S. The van der Waals surface area contributed by atoms with E-state index in [-0.39, 0.29) is 11.8 Å². The monoisotopic (exact) mass is 487 g/mol. The quantitative estimate of drug-likeness (QED) is 0.309. The number of alkyl halides is 3. The maximum atomic E-state index is 12.5. The van der Waals surface area contributed by atoms with Gasteiger partial charge in [0.05, 0.1) is 0 Å². The number of aliphatic hydroxyl groups excluding tert-OH is 3. The lowest BCUT2D eigenvalue weighted by Crippen LogP contribution is -2.61. The molecule has 1 aliphatic rings. The molecule has 2 rings (SSSR count). The third kappa shape index (κ3) is 6.66. The van der Waals surface area contributed by atoms with Gasteiger partial charge in [-0.25, -0.2) is 17.9 Å². The molecule has 32 heavy (non-hydrogen) atoms. The number of urea groups is 1. The summed E-state index contributed by atoms with van der Waals surface area (Å²) in [5.74, 6) is 0.0853. The highest BCUT2D eigenvalue weighted by atomic mass is 32.2. The molecule has 6 N–H and O–H groups in total. The average molecular weight is 487 g/mol. The normalized spacial score (nSPS) is 26.6. The van der Waals surface area contributed by atoms with E-state index in [4.69, 9.17) is 9.47 Å². The molecule has 0 spiro atoms. The number of benzene rings is 1. The highest BCUT2D eigenvalue weighted by Crippen LogP contribution is 2.26. The Labute approximate surface area is 181 Å².